The van der Waals surface area contributed by atoms with E-state index in [1.807, 2.05) is 31.2 Å². The summed E-state index contributed by atoms with van der Waals surface area (Å²) in [6, 6.07) is 8.02. The summed E-state index contributed by atoms with van der Waals surface area (Å²) in [5.41, 5.74) is 7.70. The molecule has 4 unspecified atom stereocenters. The zero-order valence-corrected chi connectivity index (χ0v) is 11.9. The number of amides is 2. The lowest BCUT2D eigenvalue weighted by atomic mass is 9.95. The number of nitrogens with one attached hydrogen (secondary N) is 2. The predicted octanol–water partition coefficient (Wildman–Crippen LogP) is 3.02. The Morgan fingerprint density at radius 1 is 1.25 bits per heavy atom. The molecule has 2 bridgehead atoms. The standard InChI is InChI=1S/C16H23N3O/c1-10(17)12-4-6-14(7-5-12)18-16(20)19-15-9-11-2-3-13(15)8-11/h4-7,10-11,13,15H,2-3,8-9,17H2,1H3,(H2,18,19,20). The number of carbonyl (C=O) groups is 1. The summed E-state index contributed by atoms with van der Waals surface area (Å²) in [4.78, 5) is 12.0. The molecule has 0 aromatic heterocycles. The van der Waals surface area contributed by atoms with Crippen molar-refractivity contribution >= 4 is 11.7 Å². The van der Waals surface area contributed by atoms with Gasteiger partial charge in [0.2, 0.25) is 0 Å². The molecule has 4 nitrogen and oxygen atoms in total. The maximum absolute atomic E-state index is 12.0. The van der Waals surface area contributed by atoms with Gasteiger partial charge in [-0.15, -0.1) is 0 Å². The van der Waals surface area contributed by atoms with E-state index in [2.05, 4.69) is 10.6 Å². The largest absolute Gasteiger partial charge is 0.335 e. The number of carbonyl (C=O) groups excluding carboxylic acids is 1. The number of urea groups is 1. The van der Waals surface area contributed by atoms with Crippen LogP contribution in [0.5, 0.6) is 0 Å². The minimum Gasteiger partial charge on any atom is -0.335 e. The molecule has 0 saturated heterocycles. The highest BCUT2D eigenvalue weighted by molar-refractivity contribution is 5.89. The van der Waals surface area contributed by atoms with Crippen molar-refractivity contribution in [1.29, 1.82) is 0 Å². The van der Waals surface area contributed by atoms with Crippen LogP contribution in [0.3, 0.4) is 0 Å². The van der Waals surface area contributed by atoms with Crippen LogP contribution in [0.4, 0.5) is 10.5 Å². The first kappa shape index (κ1) is 13.4. The molecule has 2 aliphatic carbocycles. The number of rotatable bonds is 3. The van der Waals surface area contributed by atoms with Gasteiger partial charge in [0.15, 0.2) is 0 Å². The monoisotopic (exact) mass is 273 g/mol. The zero-order valence-electron chi connectivity index (χ0n) is 11.9. The van der Waals surface area contributed by atoms with Crippen molar-refractivity contribution in [3.8, 4) is 0 Å². The van der Waals surface area contributed by atoms with Gasteiger partial charge in [-0.2, -0.15) is 0 Å². The molecule has 3 rings (SSSR count). The summed E-state index contributed by atoms with van der Waals surface area (Å²) in [7, 11) is 0. The van der Waals surface area contributed by atoms with Crippen LogP contribution in [0.15, 0.2) is 24.3 Å². The molecule has 1 aromatic rings. The minimum atomic E-state index is -0.0869. The molecule has 4 N–H and O–H groups in total. The summed E-state index contributed by atoms with van der Waals surface area (Å²) >= 11 is 0. The predicted molar refractivity (Wildman–Crippen MR) is 80.4 cm³/mol. The molecule has 20 heavy (non-hydrogen) atoms. The summed E-state index contributed by atoms with van der Waals surface area (Å²) in [5, 5.41) is 6.02. The van der Waals surface area contributed by atoms with Crippen molar-refractivity contribution in [2.75, 3.05) is 5.32 Å². The summed E-state index contributed by atoms with van der Waals surface area (Å²) < 4.78 is 0. The van der Waals surface area contributed by atoms with Crippen molar-refractivity contribution in [1.82, 2.24) is 5.32 Å². The molecule has 2 saturated carbocycles. The van der Waals surface area contributed by atoms with Crippen molar-refractivity contribution in [3.63, 3.8) is 0 Å². The van der Waals surface area contributed by atoms with E-state index in [-0.39, 0.29) is 12.1 Å². The lowest BCUT2D eigenvalue weighted by molar-refractivity contribution is 0.242. The Hall–Kier alpha value is -1.55. The highest BCUT2D eigenvalue weighted by Crippen LogP contribution is 2.44. The molecule has 0 aliphatic heterocycles. The fourth-order valence-corrected chi connectivity index (χ4v) is 3.63. The Labute approximate surface area is 120 Å². The van der Waals surface area contributed by atoms with E-state index in [4.69, 9.17) is 5.73 Å². The summed E-state index contributed by atoms with van der Waals surface area (Å²) in [6.07, 6.45) is 5.08. The highest BCUT2D eigenvalue weighted by atomic mass is 16.2. The fourth-order valence-electron chi connectivity index (χ4n) is 3.63. The van der Waals surface area contributed by atoms with Crippen molar-refractivity contribution in [2.45, 2.75) is 44.7 Å². The molecule has 108 valence electrons. The van der Waals surface area contributed by atoms with Crippen LogP contribution in [0.1, 0.15) is 44.2 Å². The van der Waals surface area contributed by atoms with E-state index in [0.29, 0.717) is 12.0 Å². The number of nitrogens with two attached hydrogens (primary N) is 1. The number of hydrogen-bond donors (Lipinski definition) is 3. The topological polar surface area (TPSA) is 67.1 Å². The SMILES string of the molecule is CC(N)c1ccc(NC(=O)NC2CC3CCC2C3)cc1. The van der Waals surface area contributed by atoms with E-state index in [1.54, 1.807) is 0 Å². The van der Waals surface area contributed by atoms with Crippen LogP contribution in [0.2, 0.25) is 0 Å². The molecule has 2 fully saturated rings. The van der Waals surface area contributed by atoms with Crippen LogP contribution >= 0.6 is 0 Å². The Kier molecular flexibility index (Phi) is 3.66. The third-order valence-electron chi connectivity index (χ3n) is 4.75. The van der Waals surface area contributed by atoms with Gasteiger partial charge in [0.25, 0.3) is 0 Å². The molecule has 0 spiro atoms. The molecule has 4 heteroatoms. The van der Waals surface area contributed by atoms with Crippen LogP contribution < -0.4 is 16.4 Å². The summed E-state index contributed by atoms with van der Waals surface area (Å²) in [5.74, 6) is 1.54. The van der Waals surface area contributed by atoms with E-state index < -0.39 is 0 Å². The second-order valence-electron chi connectivity index (χ2n) is 6.29. The first-order valence-corrected chi connectivity index (χ1v) is 7.55. The maximum Gasteiger partial charge on any atom is 0.319 e. The van der Waals surface area contributed by atoms with Gasteiger partial charge in [-0.1, -0.05) is 18.6 Å². The smallest absolute Gasteiger partial charge is 0.319 e. The third-order valence-corrected chi connectivity index (χ3v) is 4.75. The molecule has 2 amide bonds. The number of benzene rings is 1. The molecular weight excluding hydrogens is 250 g/mol. The van der Waals surface area contributed by atoms with Gasteiger partial charge in [-0.05, 0) is 55.7 Å². The van der Waals surface area contributed by atoms with Gasteiger partial charge in [-0.25, -0.2) is 4.79 Å². The number of anilines is 1. The van der Waals surface area contributed by atoms with Gasteiger partial charge in [0.05, 0.1) is 0 Å². The van der Waals surface area contributed by atoms with Gasteiger partial charge < -0.3 is 16.4 Å². The van der Waals surface area contributed by atoms with E-state index in [0.717, 1.165) is 23.6 Å². The molecule has 2 aliphatic rings. The van der Waals surface area contributed by atoms with Gasteiger partial charge >= 0.3 is 6.03 Å². The lowest BCUT2D eigenvalue weighted by Gasteiger charge is -2.23. The normalized spacial score (nSPS) is 29.2. The average Bonchev–Trinajstić information content (AvgIpc) is 3.01. The quantitative estimate of drug-likeness (QED) is 0.792. The zero-order chi connectivity index (χ0) is 14.1. The highest BCUT2D eigenvalue weighted by Gasteiger charge is 2.40. The second kappa shape index (κ2) is 5.44. The maximum atomic E-state index is 12.0. The first-order chi connectivity index (χ1) is 9.61. The van der Waals surface area contributed by atoms with Crippen LogP contribution in [0, 0.1) is 11.8 Å². The van der Waals surface area contributed by atoms with Crippen molar-refractivity contribution in [2.24, 2.45) is 17.6 Å². The lowest BCUT2D eigenvalue weighted by Crippen LogP contribution is -2.40. The molecule has 4 atom stereocenters. The minimum absolute atomic E-state index is 0.0203. The van der Waals surface area contributed by atoms with Crippen LogP contribution in [0.25, 0.3) is 0 Å². The van der Waals surface area contributed by atoms with Crippen LogP contribution in [-0.4, -0.2) is 12.1 Å². The first-order valence-electron chi connectivity index (χ1n) is 7.55. The number of hydrogen-bond acceptors (Lipinski definition) is 2. The second-order valence-corrected chi connectivity index (χ2v) is 6.29. The Bertz CT molecular complexity index is 483. The number of fused-ring (bicyclic) bond motifs is 2. The fraction of sp³-hybridized carbons (Fsp3) is 0.562. The van der Waals surface area contributed by atoms with Gasteiger partial charge in [-0.3, -0.25) is 0 Å². The molecule has 0 heterocycles. The third kappa shape index (κ3) is 2.80. The summed E-state index contributed by atoms with van der Waals surface area (Å²) in [6.45, 7) is 1.95. The molecule has 0 radical (unpaired) electrons. The molecular formula is C16H23N3O. The Morgan fingerprint density at radius 3 is 2.55 bits per heavy atom. The van der Waals surface area contributed by atoms with Crippen molar-refractivity contribution < 1.29 is 4.79 Å². The van der Waals surface area contributed by atoms with Crippen molar-refractivity contribution in [3.05, 3.63) is 29.8 Å². The Morgan fingerprint density at radius 2 is 2.00 bits per heavy atom. The average molecular weight is 273 g/mol. The van der Waals surface area contributed by atoms with E-state index in [1.165, 1.54) is 19.3 Å². The Balaban J connectivity index is 1.53. The van der Waals surface area contributed by atoms with Crippen LogP contribution in [-0.2, 0) is 0 Å². The van der Waals surface area contributed by atoms with Gasteiger partial charge in [0, 0.05) is 17.8 Å². The van der Waals surface area contributed by atoms with E-state index >= 15 is 0 Å². The van der Waals surface area contributed by atoms with Gasteiger partial charge in [0.1, 0.15) is 0 Å². The molecule has 1 aromatic carbocycles. The van der Waals surface area contributed by atoms with E-state index in [9.17, 15) is 4.79 Å².